The van der Waals surface area contributed by atoms with Crippen LogP contribution in [-0.4, -0.2) is 28.4 Å². The molecule has 2 heterocycles. The van der Waals surface area contributed by atoms with Gasteiger partial charge in [-0.3, -0.25) is 4.79 Å². The van der Waals surface area contributed by atoms with Crippen molar-refractivity contribution in [2.75, 3.05) is 6.54 Å². The minimum absolute atomic E-state index is 0.0668. The standard InChI is InChI=1S/C17H16BrNO4/c1-2-14-13(17(21)22)8-15(23-14)16(20)19-6-5-10-7-12(18)4-3-11(10)9-19/h3-4,7-8H,2,5-6,9H2,1H3,(H,21,22). The van der Waals surface area contributed by atoms with Crippen molar-refractivity contribution in [3.05, 3.63) is 56.9 Å². The number of aryl methyl sites for hydroxylation is 1. The zero-order chi connectivity index (χ0) is 16.6. The Morgan fingerprint density at radius 1 is 1.30 bits per heavy atom. The second kappa shape index (κ2) is 6.20. The minimum atomic E-state index is -1.07. The molecular formula is C17H16BrNO4. The van der Waals surface area contributed by atoms with E-state index in [0.29, 0.717) is 25.3 Å². The van der Waals surface area contributed by atoms with E-state index in [1.807, 2.05) is 12.1 Å². The maximum Gasteiger partial charge on any atom is 0.339 e. The highest BCUT2D eigenvalue weighted by molar-refractivity contribution is 9.10. The first-order valence-corrected chi connectivity index (χ1v) is 8.21. The van der Waals surface area contributed by atoms with Crippen molar-refractivity contribution >= 4 is 27.8 Å². The molecule has 120 valence electrons. The highest BCUT2D eigenvalue weighted by Gasteiger charge is 2.26. The summed E-state index contributed by atoms with van der Waals surface area (Å²) in [7, 11) is 0. The van der Waals surface area contributed by atoms with Crippen LogP contribution in [0.3, 0.4) is 0 Å². The second-order valence-corrected chi connectivity index (χ2v) is 6.41. The third-order valence-electron chi connectivity index (χ3n) is 4.04. The van der Waals surface area contributed by atoms with Gasteiger partial charge < -0.3 is 14.4 Å². The van der Waals surface area contributed by atoms with E-state index in [1.165, 1.54) is 11.6 Å². The molecule has 1 aromatic carbocycles. The lowest BCUT2D eigenvalue weighted by Gasteiger charge is -2.28. The molecule has 3 rings (SSSR count). The van der Waals surface area contributed by atoms with Gasteiger partial charge in [0, 0.05) is 30.0 Å². The molecular weight excluding hydrogens is 362 g/mol. The van der Waals surface area contributed by atoms with Crippen LogP contribution in [0.4, 0.5) is 0 Å². The summed E-state index contributed by atoms with van der Waals surface area (Å²) < 4.78 is 6.50. The molecule has 1 N–H and O–H groups in total. The number of amides is 1. The van der Waals surface area contributed by atoms with E-state index >= 15 is 0 Å². The Morgan fingerprint density at radius 2 is 2.09 bits per heavy atom. The predicted molar refractivity (Wildman–Crippen MR) is 87.6 cm³/mol. The maximum atomic E-state index is 12.6. The summed E-state index contributed by atoms with van der Waals surface area (Å²) in [6.07, 6.45) is 1.21. The molecule has 1 aliphatic heterocycles. The number of carboxylic acids is 1. The van der Waals surface area contributed by atoms with Gasteiger partial charge in [0.1, 0.15) is 11.3 Å². The SMILES string of the molecule is CCc1oc(C(=O)N2CCc3cc(Br)ccc3C2)cc1C(=O)O. The Bertz CT molecular complexity index is 781. The summed E-state index contributed by atoms with van der Waals surface area (Å²) in [6.45, 7) is 2.90. The molecule has 0 radical (unpaired) electrons. The molecule has 0 spiro atoms. The minimum Gasteiger partial charge on any atom is -0.478 e. The van der Waals surface area contributed by atoms with Gasteiger partial charge >= 0.3 is 5.97 Å². The van der Waals surface area contributed by atoms with E-state index < -0.39 is 5.97 Å². The zero-order valence-corrected chi connectivity index (χ0v) is 14.2. The number of rotatable bonds is 3. The van der Waals surface area contributed by atoms with Crippen molar-refractivity contribution in [1.82, 2.24) is 4.90 Å². The Balaban J connectivity index is 1.84. The van der Waals surface area contributed by atoms with Gasteiger partial charge in [0.05, 0.1) is 0 Å². The molecule has 6 heteroatoms. The summed E-state index contributed by atoms with van der Waals surface area (Å²) in [6, 6.07) is 7.36. The van der Waals surface area contributed by atoms with E-state index in [4.69, 9.17) is 9.52 Å². The molecule has 0 bridgehead atoms. The monoisotopic (exact) mass is 377 g/mol. The van der Waals surface area contributed by atoms with Gasteiger partial charge in [0.15, 0.2) is 5.76 Å². The number of fused-ring (bicyclic) bond motifs is 1. The third-order valence-corrected chi connectivity index (χ3v) is 4.53. The first-order valence-electron chi connectivity index (χ1n) is 7.42. The second-order valence-electron chi connectivity index (χ2n) is 5.50. The Kier molecular flexibility index (Phi) is 4.26. The first kappa shape index (κ1) is 15.8. The molecule has 0 saturated carbocycles. The van der Waals surface area contributed by atoms with Gasteiger partial charge in [-0.05, 0) is 29.7 Å². The molecule has 0 atom stereocenters. The van der Waals surface area contributed by atoms with Crippen molar-refractivity contribution in [2.45, 2.75) is 26.3 Å². The van der Waals surface area contributed by atoms with Crippen LogP contribution in [0.1, 0.15) is 44.7 Å². The fourth-order valence-electron chi connectivity index (χ4n) is 2.83. The van der Waals surface area contributed by atoms with Gasteiger partial charge in [0.25, 0.3) is 5.91 Å². The van der Waals surface area contributed by atoms with Crippen LogP contribution in [0, 0.1) is 0 Å². The number of halogens is 1. The third kappa shape index (κ3) is 3.03. The predicted octanol–water partition coefficient (Wildman–Crippen LogP) is 3.50. The lowest BCUT2D eigenvalue weighted by molar-refractivity contribution is 0.0687. The molecule has 1 aliphatic rings. The smallest absolute Gasteiger partial charge is 0.339 e. The fraction of sp³-hybridized carbons (Fsp3) is 0.294. The van der Waals surface area contributed by atoms with Crippen molar-refractivity contribution in [3.8, 4) is 0 Å². The fourth-order valence-corrected chi connectivity index (χ4v) is 3.24. The van der Waals surface area contributed by atoms with E-state index in [-0.39, 0.29) is 17.2 Å². The van der Waals surface area contributed by atoms with Crippen molar-refractivity contribution in [1.29, 1.82) is 0 Å². The lowest BCUT2D eigenvalue weighted by Crippen LogP contribution is -2.35. The van der Waals surface area contributed by atoms with E-state index in [2.05, 4.69) is 22.0 Å². The summed E-state index contributed by atoms with van der Waals surface area (Å²) >= 11 is 3.45. The largest absolute Gasteiger partial charge is 0.478 e. The van der Waals surface area contributed by atoms with Crippen LogP contribution in [0.15, 0.2) is 33.2 Å². The van der Waals surface area contributed by atoms with Crippen molar-refractivity contribution < 1.29 is 19.1 Å². The molecule has 5 nitrogen and oxygen atoms in total. The van der Waals surface area contributed by atoms with Crippen LogP contribution in [-0.2, 0) is 19.4 Å². The van der Waals surface area contributed by atoms with Crippen LogP contribution < -0.4 is 0 Å². The highest BCUT2D eigenvalue weighted by atomic mass is 79.9. The summed E-state index contributed by atoms with van der Waals surface area (Å²) in [5.74, 6) is -0.902. The quantitative estimate of drug-likeness (QED) is 0.888. The maximum absolute atomic E-state index is 12.6. The van der Waals surface area contributed by atoms with Gasteiger partial charge in [-0.15, -0.1) is 0 Å². The molecule has 0 saturated heterocycles. The first-order chi connectivity index (χ1) is 11.0. The van der Waals surface area contributed by atoms with Crippen LogP contribution >= 0.6 is 15.9 Å². The molecule has 1 amide bonds. The van der Waals surface area contributed by atoms with Gasteiger partial charge in [-0.2, -0.15) is 0 Å². The molecule has 0 aliphatic carbocycles. The number of benzene rings is 1. The average molecular weight is 378 g/mol. The average Bonchev–Trinajstić information content (AvgIpc) is 2.98. The number of nitrogens with zero attached hydrogens (tertiary/aromatic N) is 1. The Labute approximate surface area is 142 Å². The molecule has 0 fully saturated rings. The zero-order valence-electron chi connectivity index (χ0n) is 12.6. The number of carbonyl (C=O) groups is 2. The Hall–Kier alpha value is -2.08. The highest BCUT2D eigenvalue weighted by Crippen LogP contribution is 2.25. The topological polar surface area (TPSA) is 70.8 Å². The van der Waals surface area contributed by atoms with E-state index in [9.17, 15) is 9.59 Å². The number of furan rings is 1. The summed E-state index contributed by atoms with van der Waals surface area (Å²) in [5.41, 5.74) is 2.40. The summed E-state index contributed by atoms with van der Waals surface area (Å²) in [5, 5.41) is 9.17. The van der Waals surface area contributed by atoms with Crippen LogP contribution in [0.5, 0.6) is 0 Å². The summed E-state index contributed by atoms with van der Waals surface area (Å²) in [4.78, 5) is 25.5. The van der Waals surface area contributed by atoms with Crippen LogP contribution in [0.25, 0.3) is 0 Å². The van der Waals surface area contributed by atoms with Crippen molar-refractivity contribution in [3.63, 3.8) is 0 Å². The van der Waals surface area contributed by atoms with Crippen LogP contribution in [0.2, 0.25) is 0 Å². The number of carboxylic acid groups (broad SMARTS) is 1. The molecule has 1 aromatic heterocycles. The number of hydrogen-bond donors (Lipinski definition) is 1. The molecule has 2 aromatic rings. The van der Waals surface area contributed by atoms with E-state index in [0.717, 1.165) is 16.5 Å². The van der Waals surface area contributed by atoms with E-state index in [1.54, 1.807) is 11.8 Å². The Morgan fingerprint density at radius 3 is 2.74 bits per heavy atom. The molecule has 23 heavy (non-hydrogen) atoms. The normalized spacial score (nSPS) is 13.7. The molecule has 0 unspecified atom stereocenters. The van der Waals surface area contributed by atoms with Crippen molar-refractivity contribution in [2.24, 2.45) is 0 Å². The lowest BCUT2D eigenvalue weighted by atomic mass is 10.00. The number of hydrogen-bond acceptors (Lipinski definition) is 3. The number of aromatic carboxylic acids is 1. The van der Waals surface area contributed by atoms with Gasteiger partial charge in [-0.25, -0.2) is 4.79 Å². The number of carbonyl (C=O) groups excluding carboxylic acids is 1. The van der Waals surface area contributed by atoms with Gasteiger partial charge in [0.2, 0.25) is 0 Å². The van der Waals surface area contributed by atoms with Gasteiger partial charge in [-0.1, -0.05) is 28.9 Å².